The molecule has 2 bridgehead atoms. The quantitative estimate of drug-likeness (QED) is 0.455. The zero-order chi connectivity index (χ0) is 25.7. The van der Waals surface area contributed by atoms with Gasteiger partial charge in [-0.15, -0.1) is 0 Å². The summed E-state index contributed by atoms with van der Waals surface area (Å²) in [4.78, 5) is 12.4. The van der Waals surface area contributed by atoms with E-state index in [1.54, 1.807) is 0 Å². The number of carbonyl (C=O) groups is 1. The number of benzene rings is 2. The molecule has 0 spiro atoms. The largest absolute Gasteiger partial charge is 0.391 e. The average Bonchev–Trinajstić information content (AvgIpc) is 2.97. The molecule has 0 aromatic heterocycles. The molecule has 0 aliphatic heterocycles. The summed E-state index contributed by atoms with van der Waals surface area (Å²) in [5.41, 5.74) is -1.62. The van der Waals surface area contributed by atoms with Gasteiger partial charge in [-0.1, -0.05) is 11.6 Å². The molecular weight excluding hydrogens is 504 g/mol. The first-order chi connectivity index (χ1) is 16.4. The summed E-state index contributed by atoms with van der Waals surface area (Å²) >= 11 is 6.21. The van der Waals surface area contributed by atoms with Crippen molar-refractivity contribution in [3.63, 3.8) is 0 Å². The summed E-state index contributed by atoms with van der Waals surface area (Å²) in [5.74, 6) is -4.00. The van der Waals surface area contributed by atoms with E-state index in [0.717, 1.165) is 18.2 Å². The van der Waals surface area contributed by atoms with Crippen molar-refractivity contribution in [2.75, 3.05) is 5.32 Å². The molecule has 190 valence electrons. The van der Waals surface area contributed by atoms with Crippen LogP contribution in [0.15, 0.2) is 41.3 Å². The smallest absolute Gasteiger partial charge is 0.255 e. The first kappa shape index (κ1) is 26.0. The highest BCUT2D eigenvalue weighted by Crippen LogP contribution is 2.54. The molecule has 2 aromatic rings. The summed E-state index contributed by atoms with van der Waals surface area (Å²) in [6.45, 7) is 1.38. The highest BCUT2D eigenvalue weighted by atomic mass is 35.5. The van der Waals surface area contributed by atoms with E-state index in [9.17, 15) is 37.3 Å². The van der Waals surface area contributed by atoms with Crippen molar-refractivity contribution < 1.29 is 37.3 Å². The molecule has 4 N–H and O–H groups in total. The summed E-state index contributed by atoms with van der Waals surface area (Å²) in [6, 6.07) is 6.57. The van der Waals surface area contributed by atoms with Crippen LogP contribution in [0.2, 0.25) is 5.02 Å². The van der Waals surface area contributed by atoms with Gasteiger partial charge in [-0.3, -0.25) is 4.79 Å². The molecule has 4 atom stereocenters. The summed E-state index contributed by atoms with van der Waals surface area (Å²) < 4.78 is 53.7. The van der Waals surface area contributed by atoms with Crippen LogP contribution in [0.1, 0.15) is 43.0 Å². The Morgan fingerprint density at radius 3 is 2.29 bits per heavy atom. The standard InChI is InChI=1S/C24H26ClF2NO6S/c1-12(29)22(30)24(32)14-3-4-15(24)10-17(9-14)35(33,34)21-8-13(2-6-18(21)25)23(31)28-16-5-7-19(26)20(27)11-16/h2,5-8,11-12,14-15,17,22,29-30,32H,3-4,9-10H2,1H3,(H,28,31)/t12-,14?,15?,17-,22-,24-/m0/s1. The maximum Gasteiger partial charge on any atom is 0.255 e. The molecule has 2 aliphatic rings. The van der Waals surface area contributed by atoms with Gasteiger partial charge in [0.1, 0.15) is 6.10 Å². The van der Waals surface area contributed by atoms with Crippen LogP contribution in [-0.2, 0) is 9.84 Å². The van der Waals surface area contributed by atoms with E-state index >= 15 is 0 Å². The van der Waals surface area contributed by atoms with E-state index < -0.39 is 62.3 Å². The van der Waals surface area contributed by atoms with E-state index in [4.69, 9.17) is 11.6 Å². The van der Waals surface area contributed by atoms with Crippen LogP contribution in [-0.4, -0.2) is 52.7 Å². The molecule has 0 saturated heterocycles. The fraction of sp³-hybridized carbons (Fsp3) is 0.458. The minimum atomic E-state index is -4.03. The van der Waals surface area contributed by atoms with Gasteiger partial charge in [0.15, 0.2) is 21.5 Å². The maximum atomic E-state index is 13.6. The first-order valence-corrected chi connectivity index (χ1v) is 13.2. The Kier molecular flexibility index (Phi) is 6.98. The number of carbonyl (C=O) groups excluding carboxylic acids is 1. The molecule has 2 aromatic carbocycles. The van der Waals surface area contributed by atoms with Gasteiger partial charge in [0.25, 0.3) is 5.91 Å². The van der Waals surface area contributed by atoms with Crippen molar-refractivity contribution in [1.82, 2.24) is 0 Å². The number of fused-ring (bicyclic) bond motifs is 2. The number of amides is 1. The van der Waals surface area contributed by atoms with Crippen LogP contribution < -0.4 is 5.32 Å². The van der Waals surface area contributed by atoms with E-state index in [2.05, 4.69) is 5.32 Å². The summed E-state index contributed by atoms with van der Waals surface area (Å²) in [5, 5.41) is 32.9. The molecule has 2 saturated carbocycles. The predicted octanol–water partition coefficient (Wildman–Crippen LogP) is 3.31. The highest BCUT2D eigenvalue weighted by Gasteiger charge is 2.59. The third-order valence-electron chi connectivity index (χ3n) is 7.31. The summed E-state index contributed by atoms with van der Waals surface area (Å²) in [6.07, 6.45) is -1.39. The number of hydrogen-bond donors (Lipinski definition) is 4. The molecular formula is C24H26ClF2NO6S. The predicted molar refractivity (Wildman–Crippen MR) is 125 cm³/mol. The Morgan fingerprint density at radius 2 is 1.71 bits per heavy atom. The first-order valence-electron chi connectivity index (χ1n) is 11.2. The molecule has 0 radical (unpaired) electrons. The number of hydrogen-bond acceptors (Lipinski definition) is 6. The van der Waals surface area contributed by atoms with Gasteiger partial charge in [0, 0.05) is 17.3 Å². The molecule has 35 heavy (non-hydrogen) atoms. The number of halogens is 3. The van der Waals surface area contributed by atoms with Crippen molar-refractivity contribution in [2.45, 2.75) is 60.6 Å². The Hall–Kier alpha value is -2.11. The minimum Gasteiger partial charge on any atom is -0.391 e. The molecule has 2 unspecified atom stereocenters. The van der Waals surface area contributed by atoms with Crippen molar-refractivity contribution in [1.29, 1.82) is 0 Å². The lowest BCUT2D eigenvalue weighted by atomic mass is 9.70. The van der Waals surface area contributed by atoms with Crippen LogP contribution in [0.4, 0.5) is 14.5 Å². The number of sulfone groups is 1. The molecule has 2 aliphatic carbocycles. The molecule has 7 nitrogen and oxygen atoms in total. The Bertz CT molecular complexity index is 1240. The second-order valence-electron chi connectivity index (χ2n) is 9.41. The number of rotatable bonds is 6. The zero-order valence-electron chi connectivity index (χ0n) is 18.8. The van der Waals surface area contributed by atoms with Gasteiger partial charge in [0.05, 0.1) is 26.9 Å². The number of anilines is 1. The Morgan fingerprint density at radius 1 is 1.09 bits per heavy atom. The number of nitrogens with one attached hydrogen (secondary N) is 1. The lowest BCUT2D eigenvalue weighted by Gasteiger charge is -2.46. The number of aliphatic hydroxyl groups excluding tert-OH is 2. The molecule has 11 heteroatoms. The van der Waals surface area contributed by atoms with E-state index in [0.29, 0.717) is 12.8 Å². The van der Waals surface area contributed by atoms with Crippen molar-refractivity contribution >= 4 is 33.0 Å². The Labute approximate surface area is 206 Å². The lowest BCUT2D eigenvalue weighted by molar-refractivity contribution is -0.172. The average molecular weight is 530 g/mol. The van der Waals surface area contributed by atoms with Gasteiger partial charge < -0.3 is 20.6 Å². The van der Waals surface area contributed by atoms with E-state index in [1.807, 2.05) is 0 Å². The van der Waals surface area contributed by atoms with Gasteiger partial charge >= 0.3 is 0 Å². The molecule has 4 rings (SSSR count). The topological polar surface area (TPSA) is 124 Å². The van der Waals surface area contributed by atoms with Crippen molar-refractivity contribution in [3.05, 3.63) is 58.6 Å². The third kappa shape index (κ3) is 4.58. The Balaban J connectivity index is 1.59. The van der Waals surface area contributed by atoms with Crippen molar-refractivity contribution in [3.8, 4) is 0 Å². The minimum absolute atomic E-state index is 0.00642. The van der Waals surface area contributed by atoms with Crippen LogP contribution in [0.3, 0.4) is 0 Å². The molecule has 2 fully saturated rings. The van der Waals surface area contributed by atoms with Crippen LogP contribution in [0.5, 0.6) is 0 Å². The second kappa shape index (κ2) is 9.40. The lowest BCUT2D eigenvalue weighted by Crippen LogP contribution is -2.58. The van der Waals surface area contributed by atoms with Crippen LogP contribution in [0, 0.1) is 23.5 Å². The molecule has 1 amide bonds. The second-order valence-corrected chi connectivity index (χ2v) is 12.0. The summed E-state index contributed by atoms with van der Waals surface area (Å²) in [7, 11) is -4.03. The maximum absolute atomic E-state index is 13.6. The van der Waals surface area contributed by atoms with Crippen LogP contribution >= 0.6 is 11.6 Å². The van der Waals surface area contributed by atoms with Crippen molar-refractivity contribution in [2.24, 2.45) is 11.8 Å². The van der Waals surface area contributed by atoms with Gasteiger partial charge in [0.2, 0.25) is 0 Å². The van der Waals surface area contributed by atoms with Gasteiger partial charge in [-0.05, 0) is 74.8 Å². The highest BCUT2D eigenvalue weighted by molar-refractivity contribution is 7.92. The van der Waals surface area contributed by atoms with E-state index in [-0.39, 0.29) is 34.0 Å². The fourth-order valence-corrected chi connectivity index (χ4v) is 7.89. The van der Waals surface area contributed by atoms with E-state index in [1.165, 1.54) is 25.1 Å². The van der Waals surface area contributed by atoms with Crippen LogP contribution in [0.25, 0.3) is 0 Å². The van der Waals surface area contributed by atoms with Gasteiger partial charge in [-0.2, -0.15) is 0 Å². The van der Waals surface area contributed by atoms with Gasteiger partial charge in [-0.25, -0.2) is 17.2 Å². The monoisotopic (exact) mass is 529 g/mol. The number of aliphatic hydroxyl groups is 3. The fourth-order valence-electron chi connectivity index (χ4n) is 5.48. The SMILES string of the molecule is C[C@H](O)[C@H](O)[C@]1(O)C2CCC1C[C@@H](S(=O)(=O)c1cc(C(=O)Nc3ccc(F)c(F)c3)ccc1Cl)C2. The zero-order valence-corrected chi connectivity index (χ0v) is 20.4. The third-order valence-corrected chi connectivity index (χ3v) is 9.97. The molecule has 0 heterocycles. The normalized spacial score (nSPS) is 27.9.